The van der Waals surface area contributed by atoms with Crippen LogP contribution < -0.4 is 14.4 Å². The summed E-state index contributed by atoms with van der Waals surface area (Å²) in [6.07, 6.45) is 0. The van der Waals surface area contributed by atoms with Gasteiger partial charge in [0.25, 0.3) is 10.0 Å². The van der Waals surface area contributed by atoms with E-state index in [1.165, 1.54) is 24.3 Å². The Kier molecular flexibility index (Phi) is 7.66. The highest BCUT2D eigenvalue weighted by molar-refractivity contribution is 7.92. The second-order valence-corrected chi connectivity index (χ2v) is 10.1. The third kappa shape index (κ3) is 5.67. The monoisotopic (exact) mass is 486 g/mol. The minimum Gasteiger partial charge on any atom is -0.496 e. The summed E-state index contributed by atoms with van der Waals surface area (Å²) >= 11 is 5.94. The number of sulfonamides is 1. The Labute approximate surface area is 200 Å². The summed E-state index contributed by atoms with van der Waals surface area (Å²) < 4.78 is 33.5. The first-order chi connectivity index (χ1) is 15.6. The van der Waals surface area contributed by atoms with Crippen LogP contribution in [0.1, 0.15) is 29.7 Å². The average molecular weight is 487 g/mol. The topological polar surface area (TPSA) is 75.7 Å². The fraction of sp³-hybridized carbons (Fsp3) is 0.240. The summed E-state index contributed by atoms with van der Waals surface area (Å²) in [4.78, 5) is 13.1. The van der Waals surface area contributed by atoms with Crippen molar-refractivity contribution in [3.8, 4) is 5.75 Å². The summed E-state index contributed by atoms with van der Waals surface area (Å²) in [6, 6.07) is 18.2. The van der Waals surface area contributed by atoms with Crippen LogP contribution in [0.2, 0.25) is 5.02 Å². The molecule has 8 heteroatoms. The standard InChI is InChI=1S/C25H27ClN2O4S/c1-17-9-12-21(15-18(17)2)28(33(30,31)22-13-10-20(26)11-14-22)16-25(29)27-19(3)23-7-5-6-8-24(23)32-4/h5-15,19H,16H2,1-4H3,(H,27,29)/t19-/m0/s1. The number of carbonyl (C=O) groups excluding carboxylic acids is 1. The number of benzene rings is 3. The zero-order chi connectivity index (χ0) is 24.2. The molecule has 0 bridgehead atoms. The van der Waals surface area contributed by atoms with Crippen molar-refractivity contribution in [3.05, 3.63) is 88.4 Å². The number of anilines is 1. The number of hydrogen-bond acceptors (Lipinski definition) is 4. The van der Waals surface area contributed by atoms with Crippen LogP contribution in [0.3, 0.4) is 0 Å². The van der Waals surface area contributed by atoms with Gasteiger partial charge >= 0.3 is 0 Å². The summed E-state index contributed by atoms with van der Waals surface area (Å²) in [5.41, 5.74) is 3.16. The predicted octanol–water partition coefficient (Wildman–Crippen LogP) is 5.04. The number of aryl methyl sites for hydroxylation is 2. The molecular weight excluding hydrogens is 460 g/mol. The van der Waals surface area contributed by atoms with Crippen LogP contribution >= 0.6 is 11.6 Å². The van der Waals surface area contributed by atoms with Crippen molar-refractivity contribution in [1.82, 2.24) is 5.32 Å². The normalized spacial score (nSPS) is 12.2. The molecule has 1 atom stereocenters. The first-order valence-corrected chi connectivity index (χ1v) is 12.2. The van der Waals surface area contributed by atoms with Crippen LogP contribution in [0.5, 0.6) is 5.75 Å². The van der Waals surface area contributed by atoms with Crippen molar-refractivity contribution in [3.63, 3.8) is 0 Å². The third-order valence-electron chi connectivity index (χ3n) is 5.45. The number of para-hydroxylation sites is 1. The number of nitrogens with zero attached hydrogens (tertiary/aromatic N) is 1. The Hall–Kier alpha value is -3.03. The Morgan fingerprint density at radius 1 is 1.03 bits per heavy atom. The maximum atomic E-state index is 13.5. The van der Waals surface area contributed by atoms with E-state index in [0.29, 0.717) is 16.5 Å². The molecule has 6 nitrogen and oxygen atoms in total. The van der Waals surface area contributed by atoms with Crippen LogP contribution in [0, 0.1) is 13.8 Å². The quantitative estimate of drug-likeness (QED) is 0.484. The van der Waals surface area contributed by atoms with Gasteiger partial charge in [0.15, 0.2) is 0 Å². The molecule has 1 N–H and O–H groups in total. The molecule has 3 rings (SSSR count). The lowest BCUT2D eigenvalue weighted by Gasteiger charge is -2.26. The molecular formula is C25H27ClN2O4S. The van der Waals surface area contributed by atoms with E-state index in [-0.39, 0.29) is 17.5 Å². The first kappa shape index (κ1) is 24.6. The van der Waals surface area contributed by atoms with Gasteiger partial charge in [0.1, 0.15) is 12.3 Å². The van der Waals surface area contributed by atoms with Crippen molar-refractivity contribution < 1.29 is 17.9 Å². The molecule has 0 heterocycles. The molecule has 0 spiro atoms. The Morgan fingerprint density at radius 2 is 1.70 bits per heavy atom. The van der Waals surface area contributed by atoms with Gasteiger partial charge in [-0.05, 0) is 74.4 Å². The van der Waals surface area contributed by atoms with Gasteiger partial charge in [0, 0.05) is 10.6 Å². The van der Waals surface area contributed by atoms with Crippen LogP contribution in [-0.4, -0.2) is 28.0 Å². The number of rotatable bonds is 8. The highest BCUT2D eigenvalue weighted by Gasteiger charge is 2.28. The zero-order valence-electron chi connectivity index (χ0n) is 19.0. The van der Waals surface area contributed by atoms with E-state index in [1.807, 2.05) is 51.1 Å². The Bertz CT molecular complexity index is 1240. The lowest BCUT2D eigenvalue weighted by molar-refractivity contribution is -0.120. The Balaban J connectivity index is 1.93. The average Bonchev–Trinajstić information content (AvgIpc) is 2.79. The van der Waals surface area contributed by atoms with Gasteiger partial charge in [-0.2, -0.15) is 0 Å². The van der Waals surface area contributed by atoms with Crippen LogP contribution in [0.15, 0.2) is 71.6 Å². The van der Waals surface area contributed by atoms with E-state index in [4.69, 9.17) is 16.3 Å². The van der Waals surface area contributed by atoms with Gasteiger partial charge in [0.05, 0.1) is 23.7 Å². The second-order valence-electron chi connectivity index (χ2n) is 7.77. The molecule has 0 aromatic heterocycles. The summed E-state index contributed by atoms with van der Waals surface area (Å²) in [7, 11) is -2.46. The van der Waals surface area contributed by atoms with Gasteiger partial charge in [0.2, 0.25) is 5.91 Å². The van der Waals surface area contributed by atoms with Crippen LogP contribution in [-0.2, 0) is 14.8 Å². The van der Waals surface area contributed by atoms with Gasteiger partial charge in [-0.3, -0.25) is 9.10 Å². The molecule has 0 aliphatic carbocycles. The van der Waals surface area contributed by atoms with Gasteiger partial charge < -0.3 is 10.1 Å². The first-order valence-electron chi connectivity index (χ1n) is 10.4. The van der Waals surface area contributed by atoms with E-state index in [9.17, 15) is 13.2 Å². The number of carbonyl (C=O) groups is 1. The molecule has 0 aliphatic rings. The van der Waals surface area contributed by atoms with Crippen molar-refractivity contribution in [1.29, 1.82) is 0 Å². The lowest BCUT2D eigenvalue weighted by Crippen LogP contribution is -2.41. The molecule has 0 saturated carbocycles. The number of ether oxygens (including phenoxy) is 1. The number of amides is 1. The lowest BCUT2D eigenvalue weighted by atomic mass is 10.1. The van der Waals surface area contributed by atoms with E-state index < -0.39 is 15.9 Å². The zero-order valence-corrected chi connectivity index (χ0v) is 20.6. The smallest absolute Gasteiger partial charge is 0.264 e. The van der Waals surface area contributed by atoms with E-state index >= 15 is 0 Å². The minimum absolute atomic E-state index is 0.0516. The van der Waals surface area contributed by atoms with Crippen LogP contribution in [0.25, 0.3) is 0 Å². The minimum atomic E-state index is -4.02. The van der Waals surface area contributed by atoms with Crippen molar-refractivity contribution in [2.45, 2.75) is 31.7 Å². The number of nitrogens with one attached hydrogen (secondary N) is 1. The van der Waals surface area contributed by atoms with Crippen molar-refractivity contribution in [2.24, 2.45) is 0 Å². The van der Waals surface area contributed by atoms with E-state index in [1.54, 1.807) is 19.2 Å². The Morgan fingerprint density at radius 3 is 2.33 bits per heavy atom. The number of methoxy groups -OCH3 is 1. The summed E-state index contributed by atoms with van der Waals surface area (Å²) in [5, 5.41) is 3.31. The maximum absolute atomic E-state index is 13.5. The molecule has 0 unspecified atom stereocenters. The van der Waals surface area contributed by atoms with Gasteiger partial charge in [-0.1, -0.05) is 35.9 Å². The largest absolute Gasteiger partial charge is 0.496 e. The second kappa shape index (κ2) is 10.3. The highest BCUT2D eigenvalue weighted by atomic mass is 35.5. The molecule has 0 saturated heterocycles. The SMILES string of the molecule is COc1ccccc1[C@H](C)NC(=O)CN(c1ccc(C)c(C)c1)S(=O)(=O)c1ccc(Cl)cc1. The molecule has 174 valence electrons. The molecule has 0 aliphatic heterocycles. The third-order valence-corrected chi connectivity index (χ3v) is 7.49. The summed E-state index contributed by atoms with van der Waals surface area (Å²) in [5.74, 6) is 0.203. The van der Waals surface area contributed by atoms with E-state index in [0.717, 1.165) is 21.0 Å². The molecule has 1 amide bonds. The number of halogens is 1. The maximum Gasteiger partial charge on any atom is 0.264 e. The molecule has 33 heavy (non-hydrogen) atoms. The van der Waals surface area contributed by atoms with Crippen molar-refractivity contribution in [2.75, 3.05) is 18.0 Å². The van der Waals surface area contributed by atoms with E-state index in [2.05, 4.69) is 5.32 Å². The van der Waals surface area contributed by atoms with Crippen molar-refractivity contribution >= 4 is 33.2 Å². The predicted molar refractivity (Wildman–Crippen MR) is 131 cm³/mol. The molecule has 3 aromatic rings. The highest BCUT2D eigenvalue weighted by Crippen LogP contribution is 2.27. The number of hydrogen-bond donors (Lipinski definition) is 1. The fourth-order valence-corrected chi connectivity index (χ4v) is 4.99. The molecule has 3 aromatic carbocycles. The summed E-state index contributed by atoms with van der Waals surface area (Å²) in [6.45, 7) is 5.28. The molecule has 0 radical (unpaired) electrons. The van der Waals surface area contributed by atoms with Crippen LogP contribution in [0.4, 0.5) is 5.69 Å². The van der Waals surface area contributed by atoms with Gasteiger partial charge in [-0.25, -0.2) is 8.42 Å². The molecule has 0 fully saturated rings. The fourth-order valence-electron chi connectivity index (χ4n) is 3.45. The van der Waals surface area contributed by atoms with Gasteiger partial charge in [-0.15, -0.1) is 0 Å².